The highest BCUT2D eigenvalue weighted by atomic mass is 16.3. The lowest BCUT2D eigenvalue weighted by Crippen LogP contribution is -1.88. The molecule has 0 aliphatic carbocycles. The average Bonchev–Trinajstić information content (AvgIpc) is 2.10. The number of aliphatic hydroxyl groups is 1. The molecule has 0 atom stereocenters. The lowest BCUT2D eigenvalue weighted by atomic mass is 10.1. The molecule has 0 aromatic rings. The van der Waals surface area contributed by atoms with Gasteiger partial charge in [0.05, 0.1) is 6.61 Å². The summed E-state index contributed by atoms with van der Waals surface area (Å²) in [5.74, 6) is 0. The molecule has 1 heteroatoms. The normalized spacial score (nSPS) is 9.75. The van der Waals surface area contributed by atoms with Crippen LogP contribution in [0.25, 0.3) is 0 Å². The Balaban J connectivity index is 3.00. The van der Waals surface area contributed by atoms with Gasteiger partial charge in [0, 0.05) is 0 Å². The molecular weight excluding hydrogens is 148 g/mol. The predicted molar refractivity (Wildman–Crippen MR) is 54.1 cm³/mol. The van der Waals surface area contributed by atoms with E-state index in [0.29, 0.717) is 0 Å². The molecule has 1 nitrogen and oxygen atoms in total. The molecule has 0 rings (SSSR count). The van der Waals surface area contributed by atoms with Crippen molar-refractivity contribution >= 4 is 0 Å². The van der Waals surface area contributed by atoms with E-state index in [0.717, 1.165) is 24.8 Å². The van der Waals surface area contributed by atoms with E-state index < -0.39 is 0 Å². The highest BCUT2D eigenvalue weighted by molar-refractivity contribution is 4.92. The van der Waals surface area contributed by atoms with E-state index in [-0.39, 0.29) is 6.61 Å². The third-order valence-electron chi connectivity index (χ3n) is 1.91. The minimum atomic E-state index is 0.145. The van der Waals surface area contributed by atoms with Crippen LogP contribution in [0, 0.1) is 0 Å². The number of allylic oxidation sites excluding steroid dienone is 1. The summed E-state index contributed by atoms with van der Waals surface area (Å²) in [4.78, 5) is 0. The molecule has 0 spiro atoms. The highest BCUT2D eigenvalue weighted by Crippen LogP contribution is 2.09. The van der Waals surface area contributed by atoms with E-state index >= 15 is 0 Å². The van der Waals surface area contributed by atoms with Crippen LogP contribution in [0.15, 0.2) is 24.8 Å². The summed E-state index contributed by atoms with van der Waals surface area (Å²) in [6.45, 7) is 7.56. The number of aliphatic hydroxyl groups excluding tert-OH is 1. The van der Waals surface area contributed by atoms with Gasteiger partial charge in [0.2, 0.25) is 0 Å². The van der Waals surface area contributed by atoms with Crippen LogP contribution in [0.4, 0.5) is 0 Å². The van der Waals surface area contributed by atoms with Crippen molar-refractivity contribution in [3.63, 3.8) is 0 Å². The molecule has 12 heavy (non-hydrogen) atoms. The first kappa shape index (κ1) is 11.4. The monoisotopic (exact) mass is 168 g/mol. The minimum Gasteiger partial charge on any atom is -0.392 e. The van der Waals surface area contributed by atoms with Crippen LogP contribution < -0.4 is 0 Å². The van der Waals surface area contributed by atoms with Crippen LogP contribution in [0.3, 0.4) is 0 Å². The van der Waals surface area contributed by atoms with Gasteiger partial charge in [-0.25, -0.2) is 0 Å². The van der Waals surface area contributed by atoms with Gasteiger partial charge in [0.15, 0.2) is 0 Å². The Morgan fingerprint density at radius 2 is 1.83 bits per heavy atom. The van der Waals surface area contributed by atoms with Crippen molar-refractivity contribution < 1.29 is 5.11 Å². The van der Waals surface area contributed by atoms with Crippen LogP contribution in [-0.2, 0) is 0 Å². The smallest absolute Gasteiger partial charge is 0.0639 e. The molecule has 0 radical (unpaired) electrons. The second-order valence-corrected chi connectivity index (χ2v) is 3.15. The van der Waals surface area contributed by atoms with Crippen molar-refractivity contribution in [1.82, 2.24) is 0 Å². The predicted octanol–water partition coefficient (Wildman–Crippen LogP) is 3.06. The van der Waals surface area contributed by atoms with E-state index in [1.165, 1.54) is 19.3 Å². The molecule has 70 valence electrons. The van der Waals surface area contributed by atoms with Gasteiger partial charge in [-0.15, -0.1) is 6.58 Å². The zero-order chi connectivity index (χ0) is 9.23. The SMILES string of the molecule is C=CCCCCCCC(=C)CO. The van der Waals surface area contributed by atoms with Crippen LogP contribution >= 0.6 is 0 Å². The van der Waals surface area contributed by atoms with Crippen molar-refractivity contribution in [2.45, 2.75) is 38.5 Å². The Bertz CT molecular complexity index is 127. The first-order valence-electron chi connectivity index (χ1n) is 4.69. The van der Waals surface area contributed by atoms with Crippen molar-refractivity contribution in [2.75, 3.05) is 6.61 Å². The standard InChI is InChI=1S/C11H20O/c1-3-4-5-6-7-8-9-11(2)10-12/h3,12H,1-2,4-10H2. The van der Waals surface area contributed by atoms with Crippen LogP contribution in [0.2, 0.25) is 0 Å². The fourth-order valence-corrected chi connectivity index (χ4v) is 1.10. The molecule has 0 fully saturated rings. The molecule has 0 unspecified atom stereocenters. The molecule has 0 saturated carbocycles. The lowest BCUT2D eigenvalue weighted by Gasteiger charge is -2.00. The first-order valence-corrected chi connectivity index (χ1v) is 4.69. The number of rotatable bonds is 8. The molecule has 0 aliphatic rings. The Labute approximate surface area is 75.8 Å². The van der Waals surface area contributed by atoms with Crippen molar-refractivity contribution in [2.24, 2.45) is 0 Å². The molecule has 0 aromatic heterocycles. The zero-order valence-corrected chi connectivity index (χ0v) is 7.89. The van der Waals surface area contributed by atoms with E-state index in [9.17, 15) is 0 Å². The van der Waals surface area contributed by atoms with Crippen LogP contribution in [-0.4, -0.2) is 11.7 Å². The second kappa shape index (κ2) is 8.54. The van der Waals surface area contributed by atoms with Gasteiger partial charge < -0.3 is 5.11 Å². The van der Waals surface area contributed by atoms with E-state index in [1.54, 1.807) is 0 Å². The molecule has 0 aliphatic heterocycles. The Kier molecular flexibility index (Phi) is 8.14. The fraction of sp³-hybridized carbons (Fsp3) is 0.636. The van der Waals surface area contributed by atoms with Gasteiger partial charge >= 0.3 is 0 Å². The summed E-state index contributed by atoms with van der Waals surface area (Å²) in [6.07, 6.45) is 8.99. The quantitative estimate of drug-likeness (QED) is 0.436. The summed E-state index contributed by atoms with van der Waals surface area (Å²) in [7, 11) is 0. The largest absolute Gasteiger partial charge is 0.392 e. The van der Waals surface area contributed by atoms with Gasteiger partial charge in [-0.1, -0.05) is 31.1 Å². The zero-order valence-electron chi connectivity index (χ0n) is 7.89. The maximum Gasteiger partial charge on any atom is 0.0639 e. The summed E-state index contributed by atoms with van der Waals surface area (Å²) in [5, 5.41) is 8.66. The van der Waals surface area contributed by atoms with Crippen LogP contribution in [0.1, 0.15) is 38.5 Å². The van der Waals surface area contributed by atoms with Crippen molar-refractivity contribution in [3.05, 3.63) is 24.8 Å². The molecule has 0 bridgehead atoms. The minimum absolute atomic E-state index is 0.145. The van der Waals surface area contributed by atoms with Gasteiger partial charge in [-0.3, -0.25) is 0 Å². The van der Waals surface area contributed by atoms with E-state index in [1.807, 2.05) is 6.08 Å². The topological polar surface area (TPSA) is 20.2 Å². The second-order valence-electron chi connectivity index (χ2n) is 3.15. The first-order chi connectivity index (χ1) is 5.81. The van der Waals surface area contributed by atoms with Gasteiger partial charge in [-0.2, -0.15) is 0 Å². The molecule has 0 heterocycles. The van der Waals surface area contributed by atoms with Crippen LogP contribution in [0.5, 0.6) is 0 Å². The Morgan fingerprint density at radius 3 is 2.42 bits per heavy atom. The fourth-order valence-electron chi connectivity index (χ4n) is 1.10. The Morgan fingerprint density at radius 1 is 1.17 bits per heavy atom. The number of hydrogen-bond acceptors (Lipinski definition) is 1. The van der Waals surface area contributed by atoms with E-state index in [2.05, 4.69) is 13.2 Å². The highest BCUT2D eigenvalue weighted by Gasteiger charge is 1.92. The summed E-state index contributed by atoms with van der Waals surface area (Å²) in [6, 6.07) is 0. The maximum absolute atomic E-state index is 8.66. The maximum atomic E-state index is 8.66. The van der Waals surface area contributed by atoms with Crippen molar-refractivity contribution in [1.29, 1.82) is 0 Å². The molecule has 0 amide bonds. The number of unbranched alkanes of at least 4 members (excludes halogenated alkanes) is 4. The third-order valence-corrected chi connectivity index (χ3v) is 1.91. The molecular formula is C11H20O. The Hall–Kier alpha value is -0.560. The lowest BCUT2D eigenvalue weighted by molar-refractivity contribution is 0.326. The van der Waals surface area contributed by atoms with E-state index in [4.69, 9.17) is 5.11 Å². The van der Waals surface area contributed by atoms with Crippen molar-refractivity contribution in [3.8, 4) is 0 Å². The summed E-state index contributed by atoms with van der Waals surface area (Å²) < 4.78 is 0. The molecule has 1 N–H and O–H groups in total. The number of hydrogen-bond donors (Lipinski definition) is 1. The van der Waals surface area contributed by atoms with Gasteiger partial charge in [0.25, 0.3) is 0 Å². The third kappa shape index (κ3) is 7.55. The van der Waals surface area contributed by atoms with Gasteiger partial charge in [0.1, 0.15) is 0 Å². The average molecular weight is 168 g/mol. The molecule has 0 saturated heterocycles. The van der Waals surface area contributed by atoms with Gasteiger partial charge in [-0.05, 0) is 25.7 Å². The summed E-state index contributed by atoms with van der Waals surface area (Å²) >= 11 is 0. The summed E-state index contributed by atoms with van der Waals surface area (Å²) in [5.41, 5.74) is 0.957. The molecule has 0 aromatic carbocycles.